The molecule has 48 heavy (non-hydrogen) atoms. The van der Waals surface area contributed by atoms with Crippen molar-refractivity contribution in [3.8, 4) is 39.3 Å². The lowest BCUT2D eigenvalue weighted by Gasteiger charge is -2.35. The lowest BCUT2D eigenvalue weighted by atomic mass is 9.65. The van der Waals surface area contributed by atoms with Gasteiger partial charge in [0, 0.05) is 11.3 Å². The zero-order valence-electron chi connectivity index (χ0n) is 26.2. The molecule has 0 N–H and O–H groups in total. The SMILES string of the molecule is C1=Cc2ccc(-c3ccc(-c4nc5ccccc5n4-c4ccccc4)cc3)cc2C2(c3ccccc31)c1ccccc1-c1ccccc12. The van der Waals surface area contributed by atoms with E-state index in [9.17, 15) is 0 Å². The first-order valence-corrected chi connectivity index (χ1v) is 16.6. The van der Waals surface area contributed by atoms with Crippen LogP contribution in [-0.4, -0.2) is 9.55 Å². The van der Waals surface area contributed by atoms with E-state index in [1.807, 2.05) is 0 Å². The van der Waals surface area contributed by atoms with E-state index >= 15 is 0 Å². The van der Waals surface area contributed by atoms with Gasteiger partial charge in [-0.25, -0.2) is 4.98 Å². The molecule has 1 spiro atoms. The van der Waals surface area contributed by atoms with Crippen molar-refractivity contribution in [1.29, 1.82) is 0 Å². The van der Waals surface area contributed by atoms with Crippen LogP contribution in [0.1, 0.15) is 33.4 Å². The lowest BCUT2D eigenvalue weighted by molar-refractivity contribution is 0.766. The molecule has 2 heteroatoms. The highest BCUT2D eigenvalue weighted by Crippen LogP contribution is 2.58. The van der Waals surface area contributed by atoms with E-state index in [2.05, 4.69) is 187 Å². The van der Waals surface area contributed by atoms with Crippen LogP contribution >= 0.6 is 0 Å². The molecule has 1 aromatic heterocycles. The summed E-state index contributed by atoms with van der Waals surface area (Å²) in [6, 6.07) is 61.7. The number of imidazole rings is 1. The summed E-state index contributed by atoms with van der Waals surface area (Å²) in [4.78, 5) is 5.10. The van der Waals surface area contributed by atoms with E-state index in [0.29, 0.717) is 0 Å². The minimum Gasteiger partial charge on any atom is -0.292 e. The second-order valence-electron chi connectivity index (χ2n) is 12.7. The summed E-state index contributed by atoms with van der Waals surface area (Å²) in [5.74, 6) is 0.941. The Balaban J connectivity index is 1.16. The highest BCUT2D eigenvalue weighted by molar-refractivity contribution is 5.92. The normalized spacial score (nSPS) is 13.5. The minimum atomic E-state index is -0.431. The van der Waals surface area contributed by atoms with Crippen LogP contribution in [0.3, 0.4) is 0 Å². The predicted octanol–water partition coefficient (Wildman–Crippen LogP) is 11.2. The van der Waals surface area contributed by atoms with Crippen LogP contribution in [0.4, 0.5) is 0 Å². The molecule has 0 saturated carbocycles. The van der Waals surface area contributed by atoms with Crippen molar-refractivity contribution in [2.45, 2.75) is 5.41 Å². The van der Waals surface area contributed by atoms with Gasteiger partial charge in [0.15, 0.2) is 0 Å². The van der Waals surface area contributed by atoms with Crippen molar-refractivity contribution in [3.63, 3.8) is 0 Å². The molecule has 10 rings (SSSR count). The lowest BCUT2D eigenvalue weighted by Crippen LogP contribution is -2.30. The number of benzene rings is 7. The third-order valence-corrected chi connectivity index (χ3v) is 10.3. The predicted molar refractivity (Wildman–Crippen MR) is 198 cm³/mol. The molecule has 0 unspecified atom stereocenters. The Morgan fingerprint density at radius 1 is 0.417 bits per heavy atom. The van der Waals surface area contributed by atoms with Gasteiger partial charge in [-0.2, -0.15) is 0 Å². The van der Waals surface area contributed by atoms with Gasteiger partial charge in [0.25, 0.3) is 0 Å². The average molecular weight is 611 g/mol. The van der Waals surface area contributed by atoms with Gasteiger partial charge in [0.05, 0.1) is 16.4 Å². The van der Waals surface area contributed by atoms with Gasteiger partial charge in [-0.3, -0.25) is 4.57 Å². The Morgan fingerprint density at radius 3 is 1.73 bits per heavy atom. The van der Waals surface area contributed by atoms with Gasteiger partial charge in [-0.05, 0) is 86.0 Å². The first kappa shape index (κ1) is 26.9. The van der Waals surface area contributed by atoms with Crippen molar-refractivity contribution < 1.29 is 0 Å². The van der Waals surface area contributed by atoms with Gasteiger partial charge in [-0.15, -0.1) is 0 Å². The number of hydrogen-bond acceptors (Lipinski definition) is 1. The second kappa shape index (κ2) is 10.4. The topological polar surface area (TPSA) is 17.8 Å². The minimum absolute atomic E-state index is 0.431. The molecule has 0 amide bonds. The Labute approximate surface area is 279 Å². The van der Waals surface area contributed by atoms with Crippen molar-refractivity contribution >= 4 is 23.2 Å². The first-order valence-electron chi connectivity index (χ1n) is 16.6. The summed E-state index contributed by atoms with van der Waals surface area (Å²) in [6.45, 7) is 0. The van der Waals surface area contributed by atoms with Crippen molar-refractivity contribution in [1.82, 2.24) is 9.55 Å². The van der Waals surface area contributed by atoms with Crippen LogP contribution in [0.2, 0.25) is 0 Å². The quantitative estimate of drug-likeness (QED) is 0.195. The highest BCUT2D eigenvalue weighted by Gasteiger charge is 2.48. The maximum atomic E-state index is 5.10. The molecule has 224 valence electrons. The van der Waals surface area contributed by atoms with Crippen LogP contribution in [0.25, 0.3) is 62.5 Å². The molecular formula is C46H30N2. The first-order chi connectivity index (χ1) is 23.8. The maximum absolute atomic E-state index is 5.10. The summed E-state index contributed by atoms with van der Waals surface area (Å²) >= 11 is 0. The van der Waals surface area contributed by atoms with Gasteiger partial charge >= 0.3 is 0 Å². The Bertz CT molecular complexity index is 2510. The van der Waals surface area contributed by atoms with E-state index < -0.39 is 5.41 Å². The number of fused-ring (bicyclic) bond motifs is 10. The molecule has 8 aromatic rings. The number of aromatic nitrogens is 2. The summed E-state index contributed by atoms with van der Waals surface area (Å²) in [5, 5.41) is 0. The van der Waals surface area contributed by atoms with Crippen molar-refractivity contribution in [3.05, 3.63) is 203 Å². The molecule has 0 fully saturated rings. The van der Waals surface area contributed by atoms with Crippen LogP contribution in [0, 0.1) is 0 Å². The second-order valence-corrected chi connectivity index (χ2v) is 12.7. The van der Waals surface area contributed by atoms with E-state index in [1.54, 1.807) is 0 Å². The molecule has 2 aliphatic carbocycles. The summed E-state index contributed by atoms with van der Waals surface area (Å²) < 4.78 is 2.26. The van der Waals surface area contributed by atoms with E-state index in [-0.39, 0.29) is 0 Å². The van der Waals surface area contributed by atoms with Crippen LogP contribution in [-0.2, 0) is 5.41 Å². The van der Waals surface area contributed by atoms with E-state index in [4.69, 9.17) is 4.98 Å². The molecule has 2 aliphatic rings. The van der Waals surface area contributed by atoms with Gasteiger partial charge in [-0.1, -0.05) is 152 Å². The van der Waals surface area contributed by atoms with Crippen molar-refractivity contribution in [2.75, 3.05) is 0 Å². The van der Waals surface area contributed by atoms with Crippen LogP contribution in [0.15, 0.2) is 170 Å². The Morgan fingerprint density at radius 2 is 0.979 bits per heavy atom. The number of nitrogens with zero attached hydrogens (tertiary/aromatic N) is 2. The zero-order valence-corrected chi connectivity index (χ0v) is 26.2. The van der Waals surface area contributed by atoms with E-state index in [0.717, 1.165) is 28.1 Å². The fourth-order valence-electron chi connectivity index (χ4n) is 8.20. The largest absolute Gasteiger partial charge is 0.292 e. The number of hydrogen-bond donors (Lipinski definition) is 0. The smallest absolute Gasteiger partial charge is 0.145 e. The van der Waals surface area contributed by atoms with Crippen LogP contribution < -0.4 is 0 Å². The molecule has 0 atom stereocenters. The third kappa shape index (κ3) is 3.77. The molecule has 0 saturated heterocycles. The molecular weight excluding hydrogens is 581 g/mol. The van der Waals surface area contributed by atoms with Gasteiger partial charge in [0.1, 0.15) is 5.82 Å². The molecule has 0 bridgehead atoms. The molecule has 2 nitrogen and oxygen atoms in total. The maximum Gasteiger partial charge on any atom is 0.145 e. The van der Waals surface area contributed by atoms with E-state index in [1.165, 1.54) is 55.6 Å². The molecule has 0 aliphatic heterocycles. The molecule has 7 aromatic carbocycles. The molecule has 1 heterocycles. The fraction of sp³-hybridized carbons (Fsp3) is 0.0217. The van der Waals surface area contributed by atoms with Crippen LogP contribution in [0.5, 0.6) is 0 Å². The Kier molecular flexibility index (Phi) is 5.82. The summed E-state index contributed by atoms with van der Waals surface area (Å²) in [6.07, 6.45) is 4.59. The number of para-hydroxylation sites is 3. The molecule has 0 radical (unpaired) electrons. The highest BCUT2D eigenvalue weighted by atomic mass is 15.1. The zero-order chi connectivity index (χ0) is 31.7. The van der Waals surface area contributed by atoms with Gasteiger partial charge in [0.2, 0.25) is 0 Å². The fourth-order valence-corrected chi connectivity index (χ4v) is 8.20. The number of rotatable bonds is 3. The summed E-state index contributed by atoms with van der Waals surface area (Å²) in [7, 11) is 0. The van der Waals surface area contributed by atoms with Crippen molar-refractivity contribution in [2.24, 2.45) is 0 Å². The summed E-state index contributed by atoms with van der Waals surface area (Å²) in [5.41, 5.74) is 16.7. The average Bonchev–Trinajstić information content (AvgIpc) is 3.64. The monoisotopic (exact) mass is 610 g/mol. The third-order valence-electron chi connectivity index (χ3n) is 10.3. The Hall–Kier alpha value is -6.25. The standard InChI is InChI=1S/C46H30N2/c1-2-13-36(14-3-1)48-44-21-11-10-20-43(44)47-45(48)34-27-22-31(23-28-34)35-29-26-33-25-24-32-12-4-7-17-39(32)46(42(33)30-35)40-18-8-5-15-37(40)38-16-6-9-19-41(38)46/h1-30H. The van der Waals surface area contributed by atoms with Gasteiger partial charge < -0.3 is 0 Å².